The van der Waals surface area contributed by atoms with E-state index in [-0.39, 0.29) is 46.8 Å². The number of ether oxygens (including phenoxy) is 1. The number of fused-ring (bicyclic) bond motifs is 1. The Hall–Kier alpha value is -2.63. The maximum Gasteiger partial charge on any atom is 0.339 e. The lowest BCUT2D eigenvalue weighted by molar-refractivity contribution is -0.124. The Morgan fingerprint density at radius 2 is 1.71 bits per heavy atom. The smallest absolute Gasteiger partial charge is 0.339 e. The third kappa shape index (κ3) is 1.92. The molecule has 0 aromatic heterocycles. The summed E-state index contributed by atoms with van der Waals surface area (Å²) in [5, 5.41) is 9.17. The number of benzene rings is 1. The van der Waals surface area contributed by atoms with Crippen LogP contribution >= 0.6 is 0 Å². The molecule has 1 saturated carbocycles. The van der Waals surface area contributed by atoms with Crippen LogP contribution in [0.2, 0.25) is 0 Å². The molecule has 6 nitrogen and oxygen atoms in total. The summed E-state index contributed by atoms with van der Waals surface area (Å²) in [6.07, 6.45) is 6.02. The van der Waals surface area contributed by atoms with E-state index in [1.54, 1.807) is 0 Å². The number of hydrogen-bond acceptors (Lipinski definition) is 4. The monoisotopic (exact) mass is 327 g/mol. The molecule has 4 unspecified atom stereocenters. The quantitative estimate of drug-likeness (QED) is 0.679. The standard InChI is InChI=1S/C18H17NO5/c1-24-13-8-11(6-7-12(13)18(22)23)19-16(20)14-9-2-3-10(5-4-9)15(14)17(19)21/h2-3,6-10,14-15H,4-5H2,1H3,(H,22,23). The van der Waals surface area contributed by atoms with Crippen LogP contribution in [0.3, 0.4) is 0 Å². The van der Waals surface area contributed by atoms with Gasteiger partial charge in [0.1, 0.15) is 11.3 Å². The summed E-state index contributed by atoms with van der Waals surface area (Å²) in [4.78, 5) is 38.2. The van der Waals surface area contributed by atoms with E-state index >= 15 is 0 Å². The molecule has 2 amide bonds. The molecule has 1 saturated heterocycles. The molecule has 1 aromatic carbocycles. The van der Waals surface area contributed by atoms with Gasteiger partial charge in [0.15, 0.2) is 0 Å². The van der Waals surface area contributed by atoms with Gasteiger partial charge >= 0.3 is 5.97 Å². The zero-order chi connectivity index (χ0) is 17.0. The number of amides is 2. The van der Waals surface area contributed by atoms with Crippen LogP contribution in [-0.4, -0.2) is 30.0 Å². The summed E-state index contributed by atoms with van der Waals surface area (Å²) in [7, 11) is 1.36. The van der Waals surface area contributed by atoms with Crippen molar-refractivity contribution < 1.29 is 24.2 Å². The number of carboxylic acids is 1. The number of carboxylic acid groups (broad SMARTS) is 1. The van der Waals surface area contributed by atoms with E-state index in [2.05, 4.69) is 12.2 Å². The normalized spacial score (nSPS) is 30.6. The Morgan fingerprint density at radius 3 is 2.17 bits per heavy atom. The molecule has 1 aliphatic heterocycles. The first-order valence-electron chi connectivity index (χ1n) is 8.00. The van der Waals surface area contributed by atoms with Crippen molar-refractivity contribution in [1.29, 1.82) is 0 Å². The second-order valence-corrected chi connectivity index (χ2v) is 6.54. The Bertz CT molecular complexity index is 752. The molecular weight excluding hydrogens is 310 g/mol. The first kappa shape index (κ1) is 14.9. The lowest BCUT2D eigenvalue weighted by Gasteiger charge is -2.38. The lowest BCUT2D eigenvalue weighted by Crippen LogP contribution is -2.38. The van der Waals surface area contributed by atoms with E-state index < -0.39 is 5.97 Å². The molecule has 2 bridgehead atoms. The van der Waals surface area contributed by atoms with E-state index in [9.17, 15) is 14.4 Å². The molecule has 3 aliphatic carbocycles. The fraction of sp³-hybridized carbons (Fsp3) is 0.389. The fourth-order valence-corrected chi connectivity index (χ4v) is 4.32. The van der Waals surface area contributed by atoms with Crippen LogP contribution in [0.5, 0.6) is 5.75 Å². The summed E-state index contributed by atoms with van der Waals surface area (Å²) in [5.41, 5.74) is 0.375. The van der Waals surface area contributed by atoms with Gasteiger partial charge in [-0.25, -0.2) is 9.69 Å². The lowest BCUT2D eigenvalue weighted by atomic mass is 9.63. The van der Waals surface area contributed by atoms with Crippen LogP contribution in [0.4, 0.5) is 5.69 Å². The van der Waals surface area contributed by atoms with E-state index in [1.807, 2.05) is 0 Å². The Morgan fingerprint density at radius 1 is 1.12 bits per heavy atom. The minimum absolute atomic E-state index is 0.000465. The molecule has 0 radical (unpaired) electrons. The van der Waals surface area contributed by atoms with Crippen LogP contribution < -0.4 is 9.64 Å². The number of rotatable bonds is 3. The van der Waals surface area contributed by atoms with Gasteiger partial charge in [-0.2, -0.15) is 0 Å². The first-order chi connectivity index (χ1) is 11.5. The molecule has 1 N–H and O–H groups in total. The summed E-state index contributed by atoms with van der Waals surface area (Å²) in [6, 6.07) is 4.31. The number of hydrogen-bond donors (Lipinski definition) is 1. The molecule has 6 heteroatoms. The highest BCUT2D eigenvalue weighted by Gasteiger charge is 2.56. The molecule has 24 heavy (non-hydrogen) atoms. The minimum atomic E-state index is -1.12. The van der Waals surface area contributed by atoms with Crippen LogP contribution in [-0.2, 0) is 9.59 Å². The van der Waals surface area contributed by atoms with Crippen molar-refractivity contribution in [2.24, 2.45) is 23.7 Å². The molecule has 1 aromatic rings. The maximum atomic E-state index is 12.9. The van der Waals surface area contributed by atoms with Crippen molar-refractivity contribution in [3.05, 3.63) is 35.9 Å². The Kier molecular flexibility index (Phi) is 3.23. The van der Waals surface area contributed by atoms with Gasteiger partial charge in [0, 0.05) is 6.07 Å². The van der Waals surface area contributed by atoms with Crippen molar-refractivity contribution in [2.75, 3.05) is 12.0 Å². The molecule has 0 spiro atoms. The Labute approximate surface area is 138 Å². The van der Waals surface area contributed by atoms with Crippen molar-refractivity contribution in [3.8, 4) is 5.75 Å². The number of carbonyl (C=O) groups excluding carboxylic acids is 2. The van der Waals surface area contributed by atoms with Gasteiger partial charge in [-0.1, -0.05) is 12.2 Å². The topological polar surface area (TPSA) is 83.9 Å². The number of imide groups is 1. The van der Waals surface area contributed by atoms with Crippen LogP contribution in [0.25, 0.3) is 0 Å². The van der Waals surface area contributed by atoms with Crippen molar-refractivity contribution in [3.63, 3.8) is 0 Å². The summed E-state index contributed by atoms with van der Waals surface area (Å²) in [5.74, 6) is -1.67. The van der Waals surface area contributed by atoms with Gasteiger partial charge in [-0.15, -0.1) is 0 Å². The summed E-state index contributed by atoms with van der Waals surface area (Å²) in [6.45, 7) is 0. The van der Waals surface area contributed by atoms with E-state index in [4.69, 9.17) is 9.84 Å². The number of anilines is 1. The maximum absolute atomic E-state index is 12.9. The van der Waals surface area contributed by atoms with Crippen LogP contribution in [0.1, 0.15) is 23.2 Å². The highest BCUT2D eigenvalue weighted by atomic mass is 16.5. The average molecular weight is 327 g/mol. The summed E-state index contributed by atoms with van der Waals surface area (Å²) < 4.78 is 5.11. The molecular formula is C18H17NO5. The number of aromatic carboxylic acids is 1. The van der Waals surface area contributed by atoms with Gasteiger partial charge in [0.05, 0.1) is 24.6 Å². The predicted molar refractivity (Wildman–Crippen MR) is 84.8 cm³/mol. The molecule has 4 aliphatic rings. The molecule has 124 valence electrons. The van der Waals surface area contributed by atoms with Crippen LogP contribution in [0.15, 0.2) is 30.4 Å². The van der Waals surface area contributed by atoms with Crippen molar-refractivity contribution in [1.82, 2.24) is 0 Å². The second kappa shape index (κ2) is 5.19. The molecule has 2 fully saturated rings. The molecule has 4 atom stereocenters. The first-order valence-corrected chi connectivity index (χ1v) is 8.00. The Balaban J connectivity index is 1.74. The molecule has 1 heterocycles. The van der Waals surface area contributed by atoms with E-state index in [1.165, 1.54) is 30.2 Å². The van der Waals surface area contributed by atoms with Crippen molar-refractivity contribution in [2.45, 2.75) is 12.8 Å². The number of methoxy groups -OCH3 is 1. The SMILES string of the molecule is COc1cc(N2C(=O)C3C4C=CC(CC4)C3C2=O)ccc1C(=O)O. The highest BCUT2D eigenvalue weighted by Crippen LogP contribution is 2.50. The predicted octanol–water partition coefficient (Wildman–Crippen LogP) is 2.09. The van der Waals surface area contributed by atoms with Gasteiger partial charge in [0.2, 0.25) is 11.8 Å². The van der Waals surface area contributed by atoms with Crippen molar-refractivity contribution >= 4 is 23.5 Å². The van der Waals surface area contributed by atoms with Crippen LogP contribution in [0, 0.1) is 23.7 Å². The van der Waals surface area contributed by atoms with E-state index in [0.29, 0.717) is 5.69 Å². The van der Waals surface area contributed by atoms with E-state index in [0.717, 1.165) is 12.8 Å². The minimum Gasteiger partial charge on any atom is -0.496 e. The van der Waals surface area contributed by atoms with Gasteiger partial charge in [-0.05, 0) is 36.8 Å². The zero-order valence-corrected chi connectivity index (χ0v) is 13.1. The number of allylic oxidation sites excluding steroid dienone is 2. The number of carbonyl (C=O) groups is 3. The third-order valence-corrected chi connectivity index (χ3v) is 5.43. The number of nitrogens with zero attached hydrogens (tertiary/aromatic N) is 1. The third-order valence-electron chi connectivity index (χ3n) is 5.43. The second-order valence-electron chi connectivity index (χ2n) is 6.54. The average Bonchev–Trinajstić information content (AvgIpc) is 2.88. The fourth-order valence-electron chi connectivity index (χ4n) is 4.32. The largest absolute Gasteiger partial charge is 0.496 e. The van der Waals surface area contributed by atoms with Gasteiger partial charge in [-0.3, -0.25) is 9.59 Å². The summed E-state index contributed by atoms with van der Waals surface area (Å²) >= 11 is 0. The zero-order valence-electron chi connectivity index (χ0n) is 13.1. The van der Waals surface area contributed by atoms with Gasteiger partial charge < -0.3 is 9.84 Å². The molecule has 5 rings (SSSR count). The van der Waals surface area contributed by atoms with Gasteiger partial charge in [0.25, 0.3) is 0 Å². The highest BCUT2D eigenvalue weighted by molar-refractivity contribution is 6.22.